The largest absolute Gasteiger partial charge is 0.330 e. The van der Waals surface area contributed by atoms with Gasteiger partial charge in [-0.3, -0.25) is 10.1 Å². The number of carbonyl (C=O) groups is 1. The number of anilines is 1. The maximum atomic E-state index is 12.3. The molecule has 2 amide bonds. The van der Waals surface area contributed by atoms with Gasteiger partial charge < -0.3 is 16.0 Å². The van der Waals surface area contributed by atoms with E-state index in [1.54, 1.807) is 17.0 Å². The van der Waals surface area contributed by atoms with E-state index in [0.717, 1.165) is 25.7 Å². The summed E-state index contributed by atoms with van der Waals surface area (Å²) in [6, 6.07) is 5.90. The first-order chi connectivity index (χ1) is 10.1. The number of nitrogens with two attached hydrogens (primary N) is 1. The molecule has 1 atom stereocenters. The molecule has 1 fully saturated rings. The van der Waals surface area contributed by atoms with Gasteiger partial charge >= 0.3 is 6.03 Å². The van der Waals surface area contributed by atoms with Gasteiger partial charge in [0.1, 0.15) is 0 Å². The Hall–Kier alpha value is -2.15. The number of nitrogens with zero attached hydrogens (tertiary/aromatic N) is 2. The Kier molecular flexibility index (Phi) is 5.10. The summed E-state index contributed by atoms with van der Waals surface area (Å²) in [4.78, 5) is 24.4. The van der Waals surface area contributed by atoms with E-state index in [0.29, 0.717) is 18.8 Å². The average Bonchev–Trinajstić information content (AvgIpc) is 2.48. The topological polar surface area (TPSA) is 102 Å². The fraction of sp³-hybridized carbons (Fsp3) is 0.500. The van der Waals surface area contributed by atoms with E-state index >= 15 is 0 Å². The van der Waals surface area contributed by atoms with Gasteiger partial charge in [-0.15, -0.1) is 0 Å². The van der Waals surface area contributed by atoms with Crippen molar-refractivity contribution in [1.82, 2.24) is 4.90 Å². The number of urea groups is 1. The summed E-state index contributed by atoms with van der Waals surface area (Å²) in [5, 5.41) is 13.5. The third-order valence-electron chi connectivity index (χ3n) is 3.70. The number of hydrogen-bond donors (Lipinski definition) is 2. The van der Waals surface area contributed by atoms with Gasteiger partial charge in [0.25, 0.3) is 5.69 Å². The number of carbonyl (C=O) groups excluding carboxylic acids is 1. The molecular formula is C14H20N4O3. The first-order valence-electron chi connectivity index (χ1n) is 7.14. The van der Waals surface area contributed by atoms with E-state index in [2.05, 4.69) is 5.32 Å². The van der Waals surface area contributed by atoms with Gasteiger partial charge in [0, 0.05) is 30.4 Å². The number of rotatable bonds is 4. The minimum absolute atomic E-state index is 0.0371. The smallest absolute Gasteiger partial charge is 0.322 e. The van der Waals surface area contributed by atoms with Crippen LogP contribution in [0.25, 0.3) is 0 Å². The molecule has 1 unspecified atom stereocenters. The normalized spacial score (nSPS) is 18.3. The minimum atomic E-state index is -0.478. The summed E-state index contributed by atoms with van der Waals surface area (Å²) < 4.78 is 0. The van der Waals surface area contributed by atoms with E-state index in [1.165, 1.54) is 12.1 Å². The van der Waals surface area contributed by atoms with E-state index in [9.17, 15) is 14.9 Å². The van der Waals surface area contributed by atoms with Crippen molar-refractivity contribution in [3.8, 4) is 0 Å². The molecule has 1 aliphatic rings. The van der Waals surface area contributed by atoms with Crippen molar-refractivity contribution >= 4 is 17.4 Å². The third kappa shape index (κ3) is 3.91. The van der Waals surface area contributed by atoms with Crippen molar-refractivity contribution in [3.63, 3.8) is 0 Å². The van der Waals surface area contributed by atoms with Crippen molar-refractivity contribution in [2.75, 3.05) is 18.4 Å². The van der Waals surface area contributed by atoms with E-state index in [-0.39, 0.29) is 17.8 Å². The van der Waals surface area contributed by atoms with Crippen LogP contribution in [-0.2, 0) is 0 Å². The van der Waals surface area contributed by atoms with Crippen LogP contribution in [0.15, 0.2) is 24.3 Å². The summed E-state index contributed by atoms with van der Waals surface area (Å²) in [6.45, 7) is 1.25. The first-order valence-corrected chi connectivity index (χ1v) is 7.14. The van der Waals surface area contributed by atoms with Gasteiger partial charge in [-0.05, 0) is 38.3 Å². The zero-order valence-electron chi connectivity index (χ0n) is 11.8. The fourth-order valence-corrected chi connectivity index (χ4v) is 2.65. The molecule has 7 nitrogen and oxygen atoms in total. The lowest BCUT2D eigenvalue weighted by Crippen LogP contribution is -2.46. The van der Waals surface area contributed by atoms with Crippen LogP contribution in [0.1, 0.15) is 25.7 Å². The molecular weight excluding hydrogens is 272 g/mol. The second-order valence-electron chi connectivity index (χ2n) is 5.16. The molecule has 0 aromatic heterocycles. The van der Waals surface area contributed by atoms with Gasteiger partial charge in [0.15, 0.2) is 0 Å². The molecule has 114 valence electrons. The predicted octanol–water partition coefficient (Wildman–Crippen LogP) is 2.33. The van der Waals surface area contributed by atoms with Crippen molar-refractivity contribution in [2.45, 2.75) is 31.7 Å². The Morgan fingerprint density at radius 3 is 3.00 bits per heavy atom. The molecule has 1 aromatic carbocycles. The molecule has 0 radical (unpaired) electrons. The molecule has 1 heterocycles. The molecule has 1 saturated heterocycles. The molecule has 1 aromatic rings. The van der Waals surface area contributed by atoms with Crippen LogP contribution in [-0.4, -0.2) is 35.0 Å². The van der Waals surface area contributed by atoms with Crippen molar-refractivity contribution in [3.05, 3.63) is 34.4 Å². The summed E-state index contributed by atoms with van der Waals surface area (Å²) in [5.74, 6) is 0. The number of amides is 2. The Labute approximate surface area is 123 Å². The molecule has 1 aliphatic heterocycles. The third-order valence-corrected chi connectivity index (χ3v) is 3.70. The molecule has 0 saturated carbocycles. The lowest BCUT2D eigenvalue weighted by atomic mass is 10.00. The highest BCUT2D eigenvalue weighted by Gasteiger charge is 2.26. The van der Waals surface area contributed by atoms with E-state index in [4.69, 9.17) is 5.73 Å². The number of nitro benzene ring substituents is 1. The quantitative estimate of drug-likeness (QED) is 0.656. The summed E-state index contributed by atoms with van der Waals surface area (Å²) >= 11 is 0. The van der Waals surface area contributed by atoms with Crippen LogP contribution in [0.3, 0.4) is 0 Å². The molecule has 21 heavy (non-hydrogen) atoms. The van der Waals surface area contributed by atoms with Crippen molar-refractivity contribution in [2.24, 2.45) is 5.73 Å². The van der Waals surface area contributed by atoms with E-state index < -0.39 is 4.92 Å². The van der Waals surface area contributed by atoms with Crippen LogP contribution in [0.5, 0.6) is 0 Å². The van der Waals surface area contributed by atoms with Crippen LogP contribution >= 0.6 is 0 Å². The highest BCUT2D eigenvalue weighted by Crippen LogP contribution is 2.22. The lowest BCUT2D eigenvalue weighted by Gasteiger charge is -2.35. The number of nitro groups is 1. The monoisotopic (exact) mass is 292 g/mol. The molecule has 0 spiro atoms. The maximum Gasteiger partial charge on any atom is 0.322 e. The number of nitrogens with one attached hydrogen (secondary N) is 1. The van der Waals surface area contributed by atoms with Crippen LogP contribution in [0.4, 0.5) is 16.2 Å². The highest BCUT2D eigenvalue weighted by atomic mass is 16.6. The van der Waals surface area contributed by atoms with E-state index in [1.807, 2.05) is 0 Å². The lowest BCUT2D eigenvalue weighted by molar-refractivity contribution is -0.384. The molecule has 7 heteroatoms. The summed E-state index contributed by atoms with van der Waals surface area (Å²) in [6.07, 6.45) is 3.82. The van der Waals surface area contributed by atoms with Crippen LogP contribution in [0, 0.1) is 10.1 Å². The fourth-order valence-electron chi connectivity index (χ4n) is 2.65. The number of non-ortho nitro benzene ring substituents is 1. The number of likely N-dealkylation sites (tertiary alicyclic amines) is 1. The number of benzene rings is 1. The summed E-state index contributed by atoms with van der Waals surface area (Å²) in [5.41, 5.74) is 5.99. The molecule has 0 bridgehead atoms. The zero-order valence-corrected chi connectivity index (χ0v) is 11.8. The molecule has 2 rings (SSSR count). The second-order valence-corrected chi connectivity index (χ2v) is 5.16. The first kappa shape index (κ1) is 15.2. The van der Waals surface area contributed by atoms with Gasteiger partial charge in [-0.25, -0.2) is 4.79 Å². The van der Waals surface area contributed by atoms with Crippen molar-refractivity contribution in [1.29, 1.82) is 0 Å². The number of piperidine rings is 1. The Morgan fingerprint density at radius 2 is 2.29 bits per heavy atom. The zero-order chi connectivity index (χ0) is 15.2. The highest BCUT2D eigenvalue weighted by molar-refractivity contribution is 5.90. The van der Waals surface area contributed by atoms with Gasteiger partial charge in [0.2, 0.25) is 0 Å². The van der Waals surface area contributed by atoms with Gasteiger partial charge in [0.05, 0.1) is 4.92 Å². The Balaban J connectivity index is 2.05. The summed E-state index contributed by atoms with van der Waals surface area (Å²) in [7, 11) is 0. The molecule has 0 aliphatic carbocycles. The van der Waals surface area contributed by atoms with Gasteiger partial charge in [-0.2, -0.15) is 0 Å². The standard InChI is InChI=1S/C14H20N4O3/c15-8-7-12-5-1-2-9-17(12)14(19)16-11-4-3-6-13(10-11)18(20)21/h3-4,6,10,12H,1-2,5,7-9,15H2,(H,16,19). The predicted molar refractivity (Wildman–Crippen MR) is 80.1 cm³/mol. The Morgan fingerprint density at radius 1 is 1.48 bits per heavy atom. The maximum absolute atomic E-state index is 12.3. The second kappa shape index (κ2) is 7.03. The van der Waals surface area contributed by atoms with Crippen LogP contribution in [0.2, 0.25) is 0 Å². The SMILES string of the molecule is NCCC1CCCCN1C(=O)Nc1cccc([N+](=O)[O-])c1. The minimum Gasteiger partial charge on any atom is -0.330 e. The molecule has 3 N–H and O–H groups in total. The Bertz CT molecular complexity index is 519. The van der Waals surface area contributed by atoms with Crippen molar-refractivity contribution < 1.29 is 9.72 Å². The number of hydrogen-bond acceptors (Lipinski definition) is 4. The van der Waals surface area contributed by atoms with Gasteiger partial charge in [-0.1, -0.05) is 6.07 Å². The average molecular weight is 292 g/mol. The van der Waals surface area contributed by atoms with Crippen LogP contribution < -0.4 is 11.1 Å².